The Bertz CT molecular complexity index is 150. The summed E-state index contributed by atoms with van der Waals surface area (Å²) in [4.78, 5) is 4.19. The summed E-state index contributed by atoms with van der Waals surface area (Å²) in [7, 11) is 9.81. The van der Waals surface area contributed by atoms with Gasteiger partial charge in [0.25, 0.3) is 0 Å². The lowest BCUT2D eigenvalue weighted by Crippen LogP contribution is -2.28. The van der Waals surface area contributed by atoms with Gasteiger partial charge in [-0.3, -0.25) is 0 Å². The fourth-order valence-electron chi connectivity index (χ4n) is 1.11. The Morgan fingerprint density at radius 1 is 0.824 bits per heavy atom. The molecule has 0 N–H and O–H groups in total. The summed E-state index contributed by atoms with van der Waals surface area (Å²) in [5, 5.41) is 0. The van der Waals surface area contributed by atoms with E-state index in [0.717, 1.165) is 26.3 Å². The standard InChI is InChI=1S/C12H28N2O3/c1-13(2)6-8-16-10-12(15-5)11-17-9-7-14(3)4/h12H,6-11H2,1-5H3. The van der Waals surface area contributed by atoms with Gasteiger partial charge in [-0.2, -0.15) is 0 Å². The van der Waals surface area contributed by atoms with E-state index in [9.17, 15) is 0 Å². The Morgan fingerprint density at radius 2 is 1.24 bits per heavy atom. The molecule has 0 aliphatic carbocycles. The first-order valence-electron chi connectivity index (χ1n) is 6.04. The molecule has 0 bridgehead atoms. The summed E-state index contributed by atoms with van der Waals surface area (Å²) in [6, 6.07) is 0. The van der Waals surface area contributed by atoms with Crippen LogP contribution in [0.1, 0.15) is 0 Å². The van der Waals surface area contributed by atoms with Crippen molar-refractivity contribution in [2.75, 3.05) is 74.8 Å². The summed E-state index contributed by atoms with van der Waals surface area (Å²) in [5.41, 5.74) is 0. The monoisotopic (exact) mass is 248 g/mol. The van der Waals surface area contributed by atoms with E-state index in [4.69, 9.17) is 14.2 Å². The second kappa shape index (κ2) is 10.9. The van der Waals surface area contributed by atoms with Crippen LogP contribution in [0, 0.1) is 0 Å². The first kappa shape index (κ1) is 16.8. The van der Waals surface area contributed by atoms with Crippen molar-refractivity contribution in [3.63, 3.8) is 0 Å². The minimum Gasteiger partial charge on any atom is -0.377 e. The smallest absolute Gasteiger partial charge is 0.104 e. The van der Waals surface area contributed by atoms with Gasteiger partial charge >= 0.3 is 0 Å². The molecule has 0 spiro atoms. The molecule has 0 aliphatic rings. The molecule has 0 saturated carbocycles. The van der Waals surface area contributed by atoms with Crippen LogP contribution in [0.25, 0.3) is 0 Å². The third-order valence-electron chi connectivity index (χ3n) is 2.31. The van der Waals surface area contributed by atoms with Crippen molar-refractivity contribution in [3.05, 3.63) is 0 Å². The van der Waals surface area contributed by atoms with Crippen LogP contribution in [0.2, 0.25) is 0 Å². The molecule has 0 radical (unpaired) electrons. The van der Waals surface area contributed by atoms with E-state index in [1.165, 1.54) is 0 Å². The zero-order valence-corrected chi connectivity index (χ0v) is 11.9. The number of likely N-dealkylation sites (N-methyl/N-ethyl adjacent to an activating group) is 2. The van der Waals surface area contributed by atoms with E-state index in [2.05, 4.69) is 9.80 Å². The fourth-order valence-corrected chi connectivity index (χ4v) is 1.11. The van der Waals surface area contributed by atoms with Crippen molar-refractivity contribution in [1.29, 1.82) is 0 Å². The lowest BCUT2D eigenvalue weighted by atomic mass is 10.4. The highest BCUT2D eigenvalue weighted by Crippen LogP contribution is 1.94. The van der Waals surface area contributed by atoms with Crippen LogP contribution in [0.15, 0.2) is 0 Å². The quantitative estimate of drug-likeness (QED) is 0.487. The molecular weight excluding hydrogens is 220 g/mol. The SMILES string of the molecule is COC(COCCN(C)C)COCCN(C)C. The molecular formula is C12H28N2O3. The number of nitrogens with zero attached hydrogens (tertiary/aromatic N) is 2. The van der Waals surface area contributed by atoms with Gasteiger partial charge in [0, 0.05) is 20.2 Å². The van der Waals surface area contributed by atoms with Crippen LogP contribution in [0.5, 0.6) is 0 Å². The van der Waals surface area contributed by atoms with Crippen LogP contribution in [0.4, 0.5) is 0 Å². The van der Waals surface area contributed by atoms with E-state index in [1.54, 1.807) is 7.11 Å². The minimum absolute atomic E-state index is 0.0272. The molecule has 0 atom stereocenters. The Hall–Kier alpha value is -0.200. The summed E-state index contributed by atoms with van der Waals surface area (Å²) in [6.07, 6.45) is 0.0272. The molecule has 0 saturated heterocycles. The Morgan fingerprint density at radius 3 is 1.53 bits per heavy atom. The van der Waals surface area contributed by atoms with Crippen molar-refractivity contribution in [1.82, 2.24) is 9.80 Å². The Balaban J connectivity index is 3.42. The number of methoxy groups -OCH3 is 1. The van der Waals surface area contributed by atoms with Crippen LogP contribution >= 0.6 is 0 Å². The Kier molecular flexibility index (Phi) is 10.8. The maximum Gasteiger partial charge on any atom is 0.104 e. The van der Waals surface area contributed by atoms with Gasteiger partial charge in [-0.25, -0.2) is 0 Å². The summed E-state index contributed by atoms with van der Waals surface area (Å²) in [6.45, 7) is 4.49. The molecule has 0 aliphatic heterocycles. The van der Waals surface area contributed by atoms with Crippen LogP contribution < -0.4 is 0 Å². The number of rotatable bonds is 11. The van der Waals surface area contributed by atoms with Crippen molar-refractivity contribution in [3.8, 4) is 0 Å². The summed E-state index contributed by atoms with van der Waals surface area (Å²) in [5.74, 6) is 0. The molecule has 0 aromatic rings. The van der Waals surface area contributed by atoms with Crippen LogP contribution in [-0.2, 0) is 14.2 Å². The van der Waals surface area contributed by atoms with Gasteiger partial charge in [0.1, 0.15) is 6.10 Å². The van der Waals surface area contributed by atoms with Crippen molar-refractivity contribution < 1.29 is 14.2 Å². The lowest BCUT2D eigenvalue weighted by Gasteiger charge is -2.17. The molecule has 104 valence electrons. The average Bonchev–Trinajstić information content (AvgIpc) is 2.26. The van der Waals surface area contributed by atoms with E-state index in [0.29, 0.717) is 13.2 Å². The van der Waals surface area contributed by atoms with Crippen LogP contribution in [-0.4, -0.2) is 90.7 Å². The van der Waals surface area contributed by atoms with E-state index >= 15 is 0 Å². The highest BCUT2D eigenvalue weighted by molar-refractivity contribution is 4.55. The predicted octanol–water partition coefficient (Wildman–Crippen LogP) is 0.158. The molecule has 5 nitrogen and oxygen atoms in total. The average molecular weight is 248 g/mol. The third kappa shape index (κ3) is 12.1. The van der Waals surface area contributed by atoms with Gasteiger partial charge < -0.3 is 24.0 Å². The highest BCUT2D eigenvalue weighted by Gasteiger charge is 2.07. The highest BCUT2D eigenvalue weighted by atomic mass is 16.6. The zero-order chi connectivity index (χ0) is 13.1. The number of hydrogen-bond acceptors (Lipinski definition) is 5. The first-order chi connectivity index (χ1) is 8.06. The van der Waals surface area contributed by atoms with Gasteiger partial charge in [0.05, 0.1) is 26.4 Å². The molecule has 0 fully saturated rings. The first-order valence-corrected chi connectivity index (χ1v) is 6.04. The van der Waals surface area contributed by atoms with E-state index in [1.807, 2.05) is 28.2 Å². The molecule has 0 amide bonds. The van der Waals surface area contributed by atoms with Crippen molar-refractivity contribution >= 4 is 0 Å². The largest absolute Gasteiger partial charge is 0.377 e. The van der Waals surface area contributed by atoms with Gasteiger partial charge in [-0.15, -0.1) is 0 Å². The number of ether oxygens (including phenoxy) is 3. The summed E-state index contributed by atoms with van der Waals surface area (Å²) < 4.78 is 16.3. The second-order valence-corrected chi connectivity index (χ2v) is 4.61. The van der Waals surface area contributed by atoms with Crippen molar-refractivity contribution in [2.45, 2.75) is 6.10 Å². The topological polar surface area (TPSA) is 34.2 Å². The molecule has 0 aromatic carbocycles. The molecule has 0 heterocycles. The maximum absolute atomic E-state index is 5.52. The minimum atomic E-state index is 0.0272. The fraction of sp³-hybridized carbons (Fsp3) is 1.00. The maximum atomic E-state index is 5.52. The van der Waals surface area contributed by atoms with Gasteiger partial charge in [0.2, 0.25) is 0 Å². The van der Waals surface area contributed by atoms with Gasteiger partial charge in [-0.1, -0.05) is 0 Å². The normalized spacial score (nSPS) is 12.0. The second-order valence-electron chi connectivity index (χ2n) is 4.61. The lowest BCUT2D eigenvalue weighted by molar-refractivity contribution is -0.0437. The Labute approximate surface area is 106 Å². The van der Waals surface area contributed by atoms with Crippen LogP contribution in [0.3, 0.4) is 0 Å². The van der Waals surface area contributed by atoms with Gasteiger partial charge in [-0.05, 0) is 28.2 Å². The summed E-state index contributed by atoms with van der Waals surface area (Å²) >= 11 is 0. The van der Waals surface area contributed by atoms with E-state index in [-0.39, 0.29) is 6.10 Å². The van der Waals surface area contributed by atoms with Crippen molar-refractivity contribution in [2.24, 2.45) is 0 Å². The zero-order valence-electron chi connectivity index (χ0n) is 11.9. The molecule has 0 unspecified atom stereocenters. The molecule has 0 rings (SSSR count). The van der Waals surface area contributed by atoms with E-state index < -0.39 is 0 Å². The molecule has 5 heteroatoms. The van der Waals surface area contributed by atoms with Gasteiger partial charge in [0.15, 0.2) is 0 Å². The predicted molar refractivity (Wildman–Crippen MR) is 69.5 cm³/mol. The number of hydrogen-bond donors (Lipinski definition) is 0. The molecule has 17 heavy (non-hydrogen) atoms. The third-order valence-corrected chi connectivity index (χ3v) is 2.31. The molecule has 0 aromatic heterocycles.